The molecule has 0 spiro atoms. The Balaban J connectivity index is 1.66. The Bertz CT molecular complexity index is 452. The quantitative estimate of drug-likeness (QED) is 0.757. The van der Waals surface area contributed by atoms with Gasteiger partial charge >= 0.3 is 0 Å². The molecule has 1 atom stereocenters. The lowest BCUT2D eigenvalue weighted by Gasteiger charge is -2.23. The van der Waals surface area contributed by atoms with Crippen LogP contribution in [0.25, 0.3) is 0 Å². The molecule has 0 aromatic carbocycles. The van der Waals surface area contributed by atoms with Crippen molar-refractivity contribution in [3.63, 3.8) is 0 Å². The highest BCUT2D eigenvalue weighted by Gasteiger charge is 2.16. The van der Waals surface area contributed by atoms with Gasteiger partial charge in [-0.05, 0) is 31.9 Å². The second-order valence-electron chi connectivity index (χ2n) is 4.92. The van der Waals surface area contributed by atoms with Gasteiger partial charge < -0.3 is 5.32 Å². The molecular formula is C12H22N4O2S. The summed E-state index contributed by atoms with van der Waals surface area (Å²) in [7, 11) is -3.17. The minimum atomic E-state index is -3.17. The first-order valence-electron chi connectivity index (χ1n) is 6.84. The first kappa shape index (κ1) is 14.5. The van der Waals surface area contributed by atoms with Crippen molar-refractivity contribution in [2.45, 2.75) is 38.3 Å². The molecule has 0 amide bonds. The Labute approximate surface area is 114 Å². The summed E-state index contributed by atoms with van der Waals surface area (Å²) in [6.45, 7) is 1.97. The van der Waals surface area contributed by atoms with E-state index in [2.05, 4.69) is 15.1 Å². The van der Waals surface area contributed by atoms with Gasteiger partial charge in [0.1, 0.15) is 0 Å². The van der Waals surface area contributed by atoms with E-state index < -0.39 is 10.0 Å². The molecule has 7 heteroatoms. The van der Waals surface area contributed by atoms with Crippen molar-refractivity contribution in [3.8, 4) is 0 Å². The Morgan fingerprint density at radius 3 is 3.00 bits per heavy atom. The zero-order valence-electron chi connectivity index (χ0n) is 11.1. The highest BCUT2D eigenvalue weighted by Crippen LogP contribution is 2.10. The molecule has 1 aliphatic heterocycles. The molecule has 108 valence electrons. The van der Waals surface area contributed by atoms with Crippen LogP contribution in [0.5, 0.6) is 0 Å². The van der Waals surface area contributed by atoms with Crippen molar-refractivity contribution in [2.75, 3.05) is 18.8 Å². The number of rotatable bonds is 7. The van der Waals surface area contributed by atoms with Gasteiger partial charge in [0.25, 0.3) is 0 Å². The minimum absolute atomic E-state index is 0.198. The van der Waals surface area contributed by atoms with Gasteiger partial charge in [-0.3, -0.25) is 4.68 Å². The molecule has 1 fully saturated rings. The second kappa shape index (κ2) is 7.02. The summed E-state index contributed by atoms with van der Waals surface area (Å²) in [5.41, 5.74) is 0. The topological polar surface area (TPSA) is 76.0 Å². The lowest BCUT2D eigenvalue weighted by molar-refractivity contribution is 0.392. The number of aromatic nitrogens is 2. The van der Waals surface area contributed by atoms with Crippen molar-refractivity contribution >= 4 is 10.0 Å². The molecule has 0 saturated carbocycles. The van der Waals surface area contributed by atoms with E-state index in [0.717, 1.165) is 13.0 Å². The highest BCUT2D eigenvalue weighted by atomic mass is 32.2. The number of nitrogens with zero attached hydrogens (tertiary/aromatic N) is 2. The number of nitrogens with one attached hydrogen (secondary N) is 2. The van der Waals surface area contributed by atoms with E-state index >= 15 is 0 Å². The second-order valence-corrected chi connectivity index (χ2v) is 6.84. The van der Waals surface area contributed by atoms with Crippen LogP contribution in [0, 0.1) is 0 Å². The molecule has 0 aliphatic carbocycles. The maximum absolute atomic E-state index is 11.8. The molecule has 6 nitrogen and oxygen atoms in total. The van der Waals surface area contributed by atoms with E-state index in [0.29, 0.717) is 25.6 Å². The SMILES string of the molecule is O=S(=O)(CCC1CCCCN1)NCCn1cccn1. The molecule has 2 N–H and O–H groups in total. The first-order chi connectivity index (χ1) is 9.16. The fourth-order valence-electron chi connectivity index (χ4n) is 2.29. The van der Waals surface area contributed by atoms with Crippen LogP contribution in [0.4, 0.5) is 0 Å². The fourth-order valence-corrected chi connectivity index (χ4v) is 3.43. The average Bonchev–Trinajstić information content (AvgIpc) is 2.91. The summed E-state index contributed by atoms with van der Waals surface area (Å²) < 4.78 is 28.0. The van der Waals surface area contributed by atoms with Crippen LogP contribution in [0.2, 0.25) is 0 Å². The van der Waals surface area contributed by atoms with E-state index in [-0.39, 0.29) is 5.75 Å². The highest BCUT2D eigenvalue weighted by molar-refractivity contribution is 7.89. The van der Waals surface area contributed by atoms with E-state index in [1.165, 1.54) is 12.8 Å². The molecule has 1 saturated heterocycles. The number of hydrogen-bond donors (Lipinski definition) is 2. The summed E-state index contributed by atoms with van der Waals surface area (Å²) in [5.74, 6) is 0.198. The Morgan fingerprint density at radius 2 is 2.32 bits per heavy atom. The van der Waals surface area contributed by atoms with Crippen LogP contribution in [0.3, 0.4) is 0 Å². The molecule has 19 heavy (non-hydrogen) atoms. The Morgan fingerprint density at radius 1 is 1.42 bits per heavy atom. The van der Waals surface area contributed by atoms with Gasteiger partial charge in [-0.2, -0.15) is 5.10 Å². The number of hydrogen-bond acceptors (Lipinski definition) is 4. The third kappa shape index (κ3) is 5.30. The van der Waals surface area contributed by atoms with Crippen LogP contribution in [-0.4, -0.2) is 43.1 Å². The van der Waals surface area contributed by atoms with Crippen LogP contribution >= 0.6 is 0 Å². The van der Waals surface area contributed by atoms with Gasteiger partial charge in [0.05, 0.1) is 12.3 Å². The third-order valence-electron chi connectivity index (χ3n) is 3.37. The summed E-state index contributed by atoms with van der Waals surface area (Å²) in [4.78, 5) is 0. The van der Waals surface area contributed by atoms with Crippen LogP contribution in [0.1, 0.15) is 25.7 Å². The average molecular weight is 286 g/mol. The molecule has 2 heterocycles. The van der Waals surface area contributed by atoms with Gasteiger partial charge in [-0.25, -0.2) is 13.1 Å². The van der Waals surface area contributed by atoms with Gasteiger partial charge in [0.15, 0.2) is 0 Å². The summed E-state index contributed by atoms with van der Waals surface area (Å²) in [6, 6.07) is 2.18. The Kier molecular flexibility index (Phi) is 5.35. The van der Waals surface area contributed by atoms with E-state index in [1.54, 1.807) is 10.9 Å². The van der Waals surface area contributed by atoms with Crippen LogP contribution < -0.4 is 10.0 Å². The predicted octanol–water partition coefficient (Wildman–Crippen LogP) is 0.335. The minimum Gasteiger partial charge on any atom is -0.314 e. The lowest BCUT2D eigenvalue weighted by atomic mass is 10.0. The number of piperidine rings is 1. The normalized spacial score (nSPS) is 20.5. The Hall–Kier alpha value is -0.920. The smallest absolute Gasteiger partial charge is 0.211 e. The van der Waals surface area contributed by atoms with Crippen molar-refractivity contribution in [1.29, 1.82) is 0 Å². The molecule has 0 radical (unpaired) electrons. The standard InChI is InChI=1S/C12H22N4O2S/c17-19(18,11-5-12-4-1-2-6-13-12)15-8-10-16-9-3-7-14-16/h3,7,9,12-13,15H,1-2,4-6,8,10-11H2. The molecule has 1 aromatic rings. The molecule has 2 rings (SSSR count). The van der Waals surface area contributed by atoms with Crippen molar-refractivity contribution < 1.29 is 8.42 Å². The van der Waals surface area contributed by atoms with E-state index in [1.807, 2.05) is 12.3 Å². The predicted molar refractivity (Wildman–Crippen MR) is 74.3 cm³/mol. The maximum Gasteiger partial charge on any atom is 0.211 e. The van der Waals surface area contributed by atoms with Gasteiger partial charge in [0.2, 0.25) is 10.0 Å². The van der Waals surface area contributed by atoms with E-state index in [4.69, 9.17) is 0 Å². The van der Waals surface area contributed by atoms with Gasteiger partial charge in [-0.15, -0.1) is 0 Å². The van der Waals surface area contributed by atoms with Crippen LogP contribution in [0.15, 0.2) is 18.5 Å². The first-order valence-corrected chi connectivity index (χ1v) is 8.49. The summed E-state index contributed by atoms with van der Waals surface area (Å²) >= 11 is 0. The maximum atomic E-state index is 11.8. The summed E-state index contributed by atoms with van der Waals surface area (Å²) in [6.07, 6.45) is 7.68. The molecular weight excluding hydrogens is 264 g/mol. The van der Waals surface area contributed by atoms with Crippen LogP contribution in [-0.2, 0) is 16.6 Å². The third-order valence-corrected chi connectivity index (χ3v) is 4.79. The monoisotopic (exact) mass is 286 g/mol. The fraction of sp³-hybridized carbons (Fsp3) is 0.750. The van der Waals surface area contributed by atoms with Crippen molar-refractivity contribution in [3.05, 3.63) is 18.5 Å². The number of sulfonamides is 1. The lowest BCUT2D eigenvalue weighted by Crippen LogP contribution is -2.37. The molecule has 0 bridgehead atoms. The van der Waals surface area contributed by atoms with Crippen molar-refractivity contribution in [1.82, 2.24) is 19.8 Å². The largest absolute Gasteiger partial charge is 0.314 e. The summed E-state index contributed by atoms with van der Waals surface area (Å²) in [5, 5.41) is 7.39. The molecule has 1 aromatic heterocycles. The zero-order chi connectivity index (χ0) is 13.6. The molecule has 1 aliphatic rings. The van der Waals surface area contributed by atoms with Crippen molar-refractivity contribution in [2.24, 2.45) is 0 Å². The zero-order valence-corrected chi connectivity index (χ0v) is 11.9. The van der Waals surface area contributed by atoms with Gasteiger partial charge in [-0.1, -0.05) is 6.42 Å². The molecule has 1 unspecified atom stereocenters. The van der Waals surface area contributed by atoms with E-state index in [9.17, 15) is 8.42 Å². The van der Waals surface area contributed by atoms with Gasteiger partial charge in [0, 0.05) is 25.0 Å².